The van der Waals surface area contributed by atoms with Crippen LogP contribution in [-0.4, -0.2) is 16.8 Å². The summed E-state index contributed by atoms with van der Waals surface area (Å²) in [5.41, 5.74) is 0.947. The second-order valence-corrected chi connectivity index (χ2v) is 5.72. The maximum absolute atomic E-state index is 12.6. The first-order valence-corrected chi connectivity index (χ1v) is 7.84. The second kappa shape index (κ2) is 6.29. The van der Waals surface area contributed by atoms with Crippen LogP contribution in [0.15, 0.2) is 52.1 Å². The molecule has 0 radical (unpaired) electrons. The number of aliphatic hydroxyl groups is 1. The van der Waals surface area contributed by atoms with Gasteiger partial charge in [0, 0.05) is 12.1 Å². The molecule has 1 amide bonds. The molecule has 1 atom stereocenters. The Bertz CT molecular complexity index is 916. The molecule has 1 aromatic heterocycles. The maximum atomic E-state index is 12.6. The Morgan fingerprint density at radius 3 is 2.48 bits per heavy atom. The molecule has 0 bridgehead atoms. The minimum absolute atomic E-state index is 0.0335. The first kappa shape index (κ1) is 16.5. The Labute approximate surface area is 144 Å². The van der Waals surface area contributed by atoms with Crippen molar-refractivity contribution in [3.8, 4) is 6.07 Å². The van der Waals surface area contributed by atoms with E-state index < -0.39 is 17.7 Å². The fourth-order valence-corrected chi connectivity index (χ4v) is 2.91. The summed E-state index contributed by atoms with van der Waals surface area (Å²) >= 11 is 0. The van der Waals surface area contributed by atoms with Gasteiger partial charge in [0.15, 0.2) is 11.5 Å². The van der Waals surface area contributed by atoms with Crippen molar-refractivity contribution in [3.05, 3.63) is 64.8 Å². The Morgan fingerprint density at radius 1 is 1.28 bits per heavy atom. The number of amides is 1. The standard InChI is InChI=1S/C19H16N2O4/c1-3-14(22)16-17(15-9-4-11(2)25-15)21(19(24)18(16)23)13-7-5-12(10-20)6-8-13/h4-9,17,23H,3H2,1-2H3. The van der Waals surface area contributed by atoms with E-state index in [0.717, 1.165) is 0 Å². The SMILES string of the molecule is CCC(=O)C1=C(O)C(=O)N(c2ccc(C#N)cc2)C1c1ccc(C)o1. The Balaban J connectivity index is 2.14. The minimum atomic E-state index is -0.832. The third-order valence-electron chi connectivity index (χ3n) is 4.13. The first-order chi connectivity index (χ1) is 12.0. The molecule has 0 fully saturated rings. The van der Waals surface area contributed by atoms with E-state index in [4.69, 9.17) is 9.68 Å². The van der Waals surface area contributed by atoms with Crippen molar-refractivity contribution in [2.24, 2.45) is 0 Å². The highest BCUT2D eigenvalue weighted by molar-refractivity contribution is 6.16. The largest absolute Gasteiger partial charge is 0.503 e. The zero-order valence-electron chi connectivity index (χ0n) is 13.8. The van der Waals surface area contributed by atoms with Gasteiger partial charge in [-0.25, -0.2) is 0 Å². The van der Waals surface area contributed by atoms with Crippen molar-refractivity contribution < 1.29 is 19.1 Å². The molecule has 1 aromatic carbocycles. The molecular formula is C19H16N2O4. The average Bonchev–Trinajstić information content (AvgIpc) is 3.16. The van der Waals surface area contributed by atoms with Crippen LogP contribution in [0, 0.1) is 18.3 Å². The molecule has 1 unspecified atom stereocenters. The van der Waals surface area contributed by atoms with E-state index >= 15 is 0 Å². The van der Waals surface area contributed by atoms with Crippen LogP contribution in [0.5, 0.6) is 0 Å². The second-order valence-electron chi connectivity index (χ2n) is 5.72. The van der Waals surface area contributed by atoms with Crippen molar-refractivity contribution in [2.75, 3.05) is 4.90 Å². The highest BCUT2D eigenvalue weighted by Gasteiger charge is 2.45. The van der Waals surface area contributed by atoms with Gasteiger partial charge >= 0.3 is 0 Å². The lowest BCUT2D eigenvalue weighted by atomic mass is 9.99. The fourth-order valence-electron chi connectivity index (χ4n) is 2.91. The van der Waals surface area contributed by atoms with Gasteiger partial charge in [-0.15, -0.1) is 0 Å². The van der Waals surface area contributed by atoms with Crippen molar-refractivity contribution in [3.63, 3.8) is 0 Å². The van der Waals surface area contributed by atoms with Crippen LogP contribution in [0.3, 0.4) is 0 Å². The normalized spacial score (nSPS) is 17.1. The van der Waals surface area contributed by atoms with Crippen LogP contribution in [0.1, 0.15) is 36.5 Å². The van der Waals surface area contributed by atoms with E-state index in [1.807, 2.05) is 6.07 Å². The number of hydrogen-bond acceptors (Lipinski definition) is 5. The number of carbonyl (C=O) groups is 2. The number of aryl methyl sites for hydroxylation is 1. The Hall–Kier alpha value is -3.33. The number of furan rings is 1. The summed E-state index contributed by atoms with van der Waals surface area (Å²) < 4.78 is 5.64. The monoisotopic (exact) mass is 336 g/mol. The molecule has 1 aliphatic rings. The van der Waals surface area contributed by atoms with E-state index in [1.54, 1.807) is 50.2 Å². The fraction of sp³-hybridized carbons (Fsp3) is 0.211. The molecule has 2 heterocycles. The highest BCUT2D eigenvalue weighted by atomic mass is 16.3. The van der Waals surface area contributed by atoms with Crippen LogP contribution < -0.4 is 4.90 Å². The van der Waals surface area contributed by atoms with E-state index in [2.05, 4.69) is 0 Å². The summed E-state index contributed by atoms with van der Waals surface area (Å²) in [6.07, 6.45) is 0.157. The van der Waals surface area contributed by atoms with Crippen LogP contribution in [-0.2, 0) is 9.59 Å². The van der Waals surface area contributed by atoms with Gasteiger partial charge in [0.1, 0.15) is 17.6 Å². The predicted octanol–water partition coefficient (Wildman–Crippen LogP) is 3.34. The molecule has 126 valence electrons. The van der Waals surface area contributed by atoms with Crippen molar-refractivity contribution in [2.45, 2.75) is 26.3 Å². The zero-order valence-corrected chi connectivity index (χ0v) is 13.8. The molecule has 1 aliphatic heterocycles. The topological polar surface area (TPSA) is 94.5 Å². The minimum Gasteiger partial charge on any atom is -0.503 e. The van der Waals surface area contributed by atoms with E-state index in [-0.39, 0.29) is 17.8 Å². The number of hydrogen-bond donors (Lipinski definition) is 1. The number of benzene rings is 1. The van der Waals surface area contributed by atoms with Crippen molar-refractivity contribution in [1.29, 1.82) is 5.26 Å². The number of anilines is 1. The molecule has 6 heteroatoms. The molecule has 0 spiro atoms. The molecule has 25 heavy (non-hydrogen) atoms. The number of carbonyl (C=O) groups excluding carboxylic acids is 2. The number of rotatable bonds is 4. The van der Waals surface area contributed by atoms with Crippen LogP contribution in [0.2, 0.25) is 0 Å². The molecule has 2 aromatic rings. The highest BCUT2D eigenvalue weighted by Crippen LogP contribution is 2.41. The number of nitriles is 1. The van der Waals surface area contributed by atoms with E-state index in [0.29, 0.717) is 22.8 Å². The van der Waals surface area contributed by atoms with Crippen LogP contribution in [0.25, 0.3) is 0 Å². The summed E-state index contributed by atoms with van der Waals surface area (Å²) in [5, 5.41) is 19.2. The van der Waals surface area contributed by atoms with Crippen molar-refractivity contribution >= 4 is 17.4 Å². The van der Waals surface area contributed by atoms with Gasteiger partial charge in [0.05, 0.1) is 17.2 Å². The van der Waals surface area contributed by atoms with Crippen LogP contribution in [0.4, 0.5) is 5.69 Å². The summed E-state index contributed by atoms with van der Waals surface area (Å²) in [5.74, 6) is -0.509. The third kappa shape index (κ3) is 2.70. The molecule has 0 saturated heterocycles. The number of ketones is 1. The molecule has 0 saturated carbocycles. The smallest absolute Gasteiger partial charge is 0.294 e. The number of nitrogens with zero attached hydrogens (tertiary/aromatic N) is 2. The zero-order chi connectivity index (χ0) is 18.1. The lowest BCUT2D eigenvalue weighted by Crippen LogP contribution is -2.30. The van der Waals surface area contributed by atoms with Crippen LogP contribution >= 0.6 is 0 Å². The molecule has 1 N–H and O–H groups in total. The van der Waals surface area contributed by atoms with Gasteiger partial charge in [-0.3, -0.25) is 14.5 Å². The summed E-state index contributed by atoms with van der Waals surface area (Å²) in [4.78, 5) is 26.3. The number of aliphatic hydroxyl groups excluding tert-OH is 1. The first-order valence-electron chi connectivity index (χ1n) is 7.84. The Morgan fingerprint density at radius 2 is 1.96 bits per heavy atom. The van der Waals surface area contributed by atoms with Gasteiger partial charge in [-0.2, -0.15) is 5.26 Å². The van der Waals surface area contributed by atoms with Gasteiger partial charge in [-0.1, -0.05) is 6.92 Å². The Kier molecular flexibility index (Phi) is 4.15. The van der Waals surface area contributed by atoms with E-state index in [1.165, 1.54) is 4.90 Å². The van der Waals surface area contributed by atoms with Crippen molar-refractivity contribution in [1.82, 2.24) is 0 Å². The number of Topliss-reactive ketones (excluding diaryl/α,β-unsaturated/α-hetero) is 1. The quantitative estimate of drug-likeness (QED) is 0.924. The lowest BCUT2D eigenvalue weighted by molar-refractivity contribution is -0.118. The molecule has 6 nitrogen and oxygen atoms in total. The maximum Gasteiger partial charge on any atom is 0.294 e. The third-order valence-corrected chi connectivity index (χ3v) is 4.13. The predicted molar refractivity (Wildman–Crippen MR) is 89.8 cm³/mol. The van der Waals surface area contributed by atoms with E-state index in [9.17, 15) is 14.7 Å². The lowest BCUT2D eigenvalue weighted by Gasteiger charge is -2.25. The molecule has 0 aliphatic carbocycles. The molecule has 3 rings (SSSR count). The van der Waals surface area contributed by atoms with Gasteiger partial charge in [0.25, 0.3) is 5.91 Å². The summed E-state index contributed by atoms with van der Waals surface area (Å²) in [6, 6.07) is 11.0. The van der Waals surface area contributed by atoms with Gasteiger partial charge in [0.2, 0.25) is 0 Å². The summed E-state index contributed by atoms with van der Waals surface area (Å²) in [6.45, 7) is 3.43. The average molecular weight is 336 g/mol. The molecular weight excluding hydrogens is 320 g/mol. The van der Waals surface area contributed by atoms with Gasteiger partial charge in [-0.05, 0) is 43.3 Å². The van der Waals surface area contributed by atoms with Gasteiger partial charge < -0.3 is 9.52 Å². The summed E-state index contributed by atoms with van der Waals surface area (Å²) in [7, 11) is 0.